The van der Waals surface area contributed by atoms with Crippen LogP contribution in [-0.2, 0) is 4.79 Å². The van der Waals surface area contributed by atoms with Crippen LogP contribution in [0, 0.1) is 25.6 Å². The second-order valence-corrected chi connectivity index (χ2v) is 11.2. The van der Waals surface area contributed by atoms with Gasteiger partial charge in [-0.15, -0.1) is 0 Å². The summed E-state index contributed by atoms with van der Waals surface area (Å²) in [5.41, 5.74) is -0.668. The monoisotopic (exact) mass is 663 g/mol. The van der Waals surface area contributed by atoms with Gasteiger partial charge in [0, 0.05) is 47.6 Å². The minimum atomic E-state index is -3.16. The number of amides is 2. The van der Waals surface area contributed by atoms with E-state index in [2.05, 4.69) is 25.4 Å². The van der Waals surface area contributed by atoms with E-state index in [1.807, 2.05) is 6.92 Å². The van der Waals surface area contributed by atoms with Crippen LogP contribution >= 0.6 is 11.6 Å². The number of ether oxygens (including phenoxy) is 1. The van der Waals surface area contributed by atoms with Crippen LogP contribution in [0.25, 0.3) is 11.3 Å². The smallest absolute Gasteiger partial charge is 0.387 e. The van der Waals surface area contributed by atoms with Crippen LogP contribution < -0.4 is 15.0 Å². The van der Waals surface area contributed by atoms with E-state index in [1.54, 1.807) is 13.8 Å². The number of carbonyl (C=O) groups is 2. The Balaban J connectivity index is 1.41. The van der Waals surface area contributed by atoms with Gasteiger partial charge in [-0.05, 0) is 32.8 Å². The summed E-state index contributed by atoms with van der Waals surface area (Å²) < 4.78 is 75.3. The summed E-state index contributed by atoms with van der Waals surface area (Å²) in [5.74, 6) is -2.34. The number of rotatable bonds is 9. The lowest BCUT2D eigenvalue weighted by Gasteiger charge is -2.23. The molecule has 1 fully saturated rings. The minimum absolute atomic E-state index is 0.00792. The van der Waals surface area contributed by atoms with Crippen molar-refractivity contribution < 1.29 is 36.3 Å². The van der Waals surface area contributed by atoms with Crippen molar-refractivity contribution in [1.82, 2.24) is 24.7 Å². The summed E-state index contributed by atoms with van der Waals surface area (Å²) in [6.07, 6.45) is 2.53. The van der Waals surface area contributed by atoms with Crippen molar-refractivity contribution >= 4 is 34.9 Å². The van der Waals surface area contributed by atoms with E-state index in [9.17, 15) is 31.5 Å². The molecule has 3 aromatic heterocycles. The maximum absolute atomic E-state index is 14.8. The first-order valence-corrected chi connectivity index (χ1v) is 14.3. The zero-order chi connectivity index (χ0) is 33.4. The van der Waals surface area contributed by atoms with E-state index in [0.717, 1.165) is 18.3 Å². The van der Waals surface area contributed by atoms with Gasteiger partial charge in [0.05, 0.1) is 40.5 Å². The molecule has 1 saturated heterocycles. The number of alkyl halides is 4. The average Bonchev–Trinajstić information content (AvgIpc) is 3.60. The molecular weight excluding hydrogens is 637 g/mol. The first kappa shape index (κ1) is 32.7. The normalized spacial score (nSPS) is 15.6. The molecule has 2 unspecified atom stereocenters. The summed E-state index contributed by atoms with van der Waals surface area (Å²) in [5, 5.41) is 6.47. The molecule has 5 rings (SSSR count). The van der Waals surface area contributed by atoms with Crippen molar-refractivity contribution in [2.75, 3.05) is 16.8 Å². The van der Waals surface area contributed by atoms with Gasteiger partial charge >= 0.3 is 6.61 Å². The highest BCUT2D eigenvalue weighted by molar-refractivity contribution is 6.31. The Morgan fingerprint density at radius 1 is 1.11 bits per heavy atom. The van der Waals surface area contributed by atoms with Crippen molar-refractivity contribution in [2.45, 2.75) is 53.2 Å². The average molecular weight is 664 g/mol. The van der Waals surface area contributed by atoms with Crippen LogP contribution in [0.5, 0.6) is 5.75 Å². The summed E-state index contributed by atoms with van der Waals surface area (Å²) >= 11 is 5.83. The topological polar surface area (TPSA) is 115 Å². The molecule has 0 spiro atoms. The molecule has 1 aliphatic rings. The molecule has 16 heteroatoms. The van der Waals surface area contributed by atoms with Crippen molar-refractivity contribution in [3.05, 3.63) is 75.8 Å². The molecule has 0 bridgehead atoms. The Kier molecular flexibility index (Phi) is 9.24. The lowest BCUT2D eigenvalue weighted by Crippen LogP contribution is -2.27. The van der Waals surface area contributed by atoms with E-state index in [-0.39, 0.29) is 52.6 Å². The third kappa shape index (κ3) is 6.36. The molecule has 0 radical (unpaired) electrons. The number of anilines is 2. The third-order valence-electron chi connectivity index (χ3n) is 7.58. The van der Waals surface area contributed by atoms with Crippen LogP contribution in [0.15, 0.2) is 36.9 Å². The summed E-state index contributed by atoms with van der Waals surface area (Å²) in [7, 11) is 0. The maximum Gasteiger partial charge on any atom is 0.387 e. The predicted octanol–water partition coefficient (Wildman–Crippen LogP) is 6.92. The summed E-state index contributed by atoms with van der Waals surface area (Å²) in [6, 6.07) is 1.38. The minimum Gasteiger partial charge on any atom is -0.431 e. The predicted molar refractivity (Wildman–Crippen MR) is 158 cm³/mol. The quantitative estimate of drug-likeness (QED) is 0.193. The van der Waals surface area contributed by atoms with Gasteiger partial charge in [-0.1, -0.05) is 24.6 Å². The molecular formula is C30H27ClF5N7O3. The molecule has 4 heterocycles. The Bertz CT molecular complexity index is 1820. The number of aryl methyl sites for hydroxylation is 1. The highest BCUT2D eigenvalue weighted by atomic mass is 35.5. The van der Waals surface area contributed by atoms with Gasteiger partial charge in [-0.25, -0.2) is 23.1 Å². The molecule has 4 aromatic rings. The fourth-order valence-electron chi connectivity index (χ4n) is 5.26. The van der Waals surface area contributed by atoms with Crippen molar-refractivity contribution in [3.8, 4) is 17.0 Å². The fraction of sp³-hybridized carbons (Fsp3) is 0.333. The highest BCUT2D eigenvalue weighted by Crippen LogP contribution is 2.39. The van der Waals surface area contributed by atoms with Crippen LogP contribution in [-0.4, -0.2) is 49.7 Å². The number of pyridine rings is 1. The van der Waals surface area contributed by atoms with Crippen LogP contribution in [0.4, 0.5) is 33.5 Å². The van der Waals surface area contributed by atoms with Crippen molar-refractivity contribution in [1.29, 1.82) is 0 Å². The Labute approximate surface area is 264 Å². The number of nitrogens with zero attached hydrogens (tertiary/aromatic N) is 6. The standard InChI is InChI=1S/C30H27ClF5N7O3/c1-13-7-22(44)42(11-13)28-26(46-30(35)36)14(2)19(9-38-28)16(4)43-12-17(8-39-43)40-29(45)25-15(3)37-10-21(41-25)23-18(27(33)34)5-6-20(31)24(23)32/h5-6,8-10,12-13,16,27,30H,7,11H2,1-4H3,(H,40,45). The van der Waals surface area contributed by atoms with E-state index >= 15 is 0 Å². The SMILES string of the molecule is Cc1ncc(-c2c(C(F)F)ccc(Cl)c2F)nc1C(=O)Nc1cnn(C(C)c2cnc(N3CC(C)CC3=O)c(OC(F)F)c2C)c1. The molecule has 10 nitrogen and oxygen atoms in total. The molecule has 1 N–H and O–H groups in total. The van der Waals surface area contributed by atoms with Gasteiger partial charge < -0.3 is 10.1 Å². The van der Waals surface area contributed by atoms with Crippen LogP contribution in [0.3, 0.4) is 0 Å². The lowest BCUT2D eigenvalue weighted by atomic mass is 10.0. The Morgan fingerprint density at radius 3 is 2.50 bits per heavy atom. The first-order chi connectivity index (χ1) is 21.8. The second kappa shape index (κ2) is 13.0. The Hall–Kier alpha value is -4.66. The zero-order valence-electron chi connectivity index (χ0n) is 24.9. The number of carbonyl (C=O) groups excluding carboxylic acids is 2. The van der Waals surface area contributed by atoms with Gasteiger partial charge in [0.15, 0.2) is 17.4 Å². The van der Waals surface area contributed by atoms with Crippen molar-refractivity contribution in [2.24, 2.45) is 5.92 Å². The number of nitrogens with one attached hydrogen (secondary N) is 1. The lowest BCUT2D eigenvalue weighted by molar-refractivity contribution is -0.117. The van der Waals surface area contributed by atoms with E-state index in [0.29, 0.717) is 17.7 Å². The van der Waals surface area contributed by atoms with E-state index < -0.39 is 47.0 Å². The van der Waals surface area contributed by atoms with Gasteiger partial charge in [-0.2, -0.15) is 13.9 Å². The molecule has 0 aliphatic carbocycles. The number of halogens is 6. The van der Waals surface area contributed by atoms with Crippen molar-refractivity contribution in [3.63, 3.8) is 0 Å². The third-order valence-corrected chi connectivity index (χ3v) is 7.87. The summed E-state index contributed by atoms with van der Waals surface area (Å²) in [6.45, 7) is 3.78. The second-order valence-electron chi connectivity index (χ2n) is 10.8. The summed E-state index contributed by atoms with van der Waals surface area (Å²) in [4.78, 5) is 39.5. The molecule has 242 valence electrons. The molecule has 0 saturated carbocycles. The van der Waals surface area contributed by atoms with Gasteiger partial charge in [0.1, 0.15) is 5.69 Å². The number of aromatic nitrogens is 5. The van der Waals surface area contributed by atoms with E-state index in [4.69, 9.17) is 16.3 Å². The van der Waals surface area contributed by atoms with Crippen LogP contribution in [0.2, 0.25) is 5.02 Å². The van der Waals surface area contributed by atoms with Crippen LogP contribution in [0.1, 0.15) is 65.6 Å². The molecule has 2 atom stereocenters. The molecule has 46 heavy (non-hydrogen) atoms. The molecule has 1 aliphatic heterocycles. The number of benzene rings is 1. The largest absolute Gasteiger partial charge is 0.431 e. The van der Waals surface area contributed by atoms with Gasteiger partial charge in [0.2, 0.25) is 5.91 Å². The molecule has 1 aromatic carbocycles. The van der Waals surface area contributed by atoms with E-state index in [1.165, 1.54) is 35.1 Å². The first-order valence-electron chi connectivity index (χ1n) is 14.0. The fourth-order valence-corrected chi connectivity index (χ4v) is 5.42. The number of hydrogen-bond acceptors (Lipinski definition) is 7. The highest BCUT2D eigenvalue weighted by Gasteiger charge is 2.33. The van der Waals surface area contributed by atoms with Gasteiger partial charge in [0.25, 0.3) is 12.3 Å². The van der Waals surface area contributed by atoms with Gasteiger partial charge in [-0.3, -0.25) is 24.2 Å². The number of hydrogen-bond donors (Lipinski definition) is 1. The zero-order valence-corrected chi connectivity index (χ0v) is 25.6. The maximum atomic E-state index is 14.8. The molecule has 2 amide bonds. The Morgan fingerprint density at radius 2 is 1.85 bits per heavy atom.